The first-order valence-electron chi connectivity index (χ1n) is 7.12. The second-order valence-corrected chi connectivity index (χ2v) is 8.37. The zero-order valence-electron chi connectivity index (χ0n) is 11.3. The molecule has 0 aromatic heterocycles. The topological polar surface area (TPSA) is 3.24 Å². The fourth-order valence-electron chi connectivity index (χ4n) is 3.56. The van der Waals surface area contributed by atoms with Crippen LogP contribution in [-0.2, 0) is 0 Å². The Morgan fingerprint density at radius 3 is 2.24 bits per heavy atom. The fourth-order valence-corrected chi connectivity index (χ4v) is 5.36. The van der Waals surface area contributed by atoms with Crippen molar-refractivity contribution in [3.63, 3.8) is 0 Å². The van der Waals surface area contributed by atoms with Crippen molar-refractivity contribution in [1.82, 2.24) is 4.90 Å². The summed E-state index contributed by atoms with van der Waals surface area (Å²) in [6.45, 7) is 8.62. The minimum Gasteiger partial charge on any atom is -0.301 e. The van der Waals surface area contributed by atoms with Crippen LogP contribution in [0.25, 0.3) is 0 Å². The number of rotatable bonds is 3. The van der Waals surface area contributed by atoms with Gasteiger partial charge in [-0.1, -0.05) is 33.1 Å². The summed E-state index contributed by atoms with van der Waals surface area (Å²) < 4.78 is 0. The van der Waals surface area contributed by atoms with E-state index in [-0.39, 0.29) is 0 Å². The van der Waals surface area contributed by atoms with E-state index in [1.807, 2.05) is 0 Å². The van der Waals surface area contributed by atoms with E-state index >= 15 is 0 Å². The molecule has 1 aliphatic carbocycles. The molecule has 0 spiro atoms. The predicted molar refractivity (Wildman–Crippen MR) is 82.3 cm³/mol. The van der Waals surface area contributed by atoms with Crippen molar-refractivity contribution in [1.29, 1.82) is 0 Å². The summed E-state index contributed by atoms with van der Waals surface area (Å²) in [6, 6.07) is 0. The SMILES string of the molecule is CC1CN(CC2(CS)CCCCC2)CC(C)S1. The van der Waals surface area contributed by atoms with Crippen molar-refractivity contribution in [2.45, 2.75) is 56.5 Å². The molecule has 0 bridgehead atoms. The lowest BCUT2D eigenvalue weighted by Crippen LogP contribution is -2.47. The van der Waals surface area contributed by atoms with Gasteiger partial charge in [-0.05, 0) is 24.0 Å². The van der Waals surface area contributed by atoms with Crippen LogP contribution in [0.5, 0.6) is 0 Å². The third-order valence-electron chi connectivity index (χ3n) is 4.30. The summed E-state index contributed by atoms with van der Waals surface area (Å²) in [4.78, 5) is 2.72. The van der Waals surface area contributed by atoms with Gasteiger partial charge in [-0.25, -0.2) is 0 Å². The average Bonchev–Trinajstić information content (AvgIpc) is 2.29. The molecule has 0 N–H and O–H groups in total. The second kappa shape index (κ2) is 6.21. The van der Waals surface area contributed by atoms with Gasteiger partial charge in [0.05, 0.1) is 0 Å². The monoisotopic (exact) mass is 273 g/mol. The molecule has 1 aliphatic heterocycles. The fraction of sp³-hybridized carbons (Fsp3) is 1.00. The van der Waals surface area contributed by atoms with E-state index in [0.29, 0.717) is 5.41 Å². The van der Waals surface area contributed by atoms with E-state index < -0.39 is 0 Å². The van der Waals surface area contributed by atoms with Crippen molar-refractivity contribution < 1.29 is 0 Å². The van der Waals surface area contributed by atoms with E-state index in [1.54, 1.807) is 0 Å². The van der Waals surface area contributed by atoms with Crippen molar-refractivity contribution in [2.24, 2.45) is 5.41 Å². The van der Waals surface area contributed by atoms with E-state index in [0.717, 1.165) is 16.3 Å². The van der Waals surface area contributed by atoms with Crippen LogP contribution in [0.15, 0.2) is 0 Å². The quantitative estimate of drug-likeness (QED) is 0.781. The summed E-state index contributed by atoms with van der Waals surface area (Å²) in [5.74, 6) is 1.08. The Kier molecular flexibility index (Phi) is 5.14. The molecule has 1 saturated carbocycles. The molecule has 0 radical (unpaired) electrons. The summed E-state index contributed by atoms with van der Waals surface area (Å²) >= 11 is 6.81. The smallest absolute Gasteiger partial charge is 0.0149 e. The maximum absolute atomic E-state index is 4.66. The molecule has 2 rings (SSSR count). The molecule has 0 aromatic rings. The largest absolute Gasteiger partial charge is 0.301 e. The average molecular weight is 274 g/mol. The van der Waals surface area contributed by atoms with E-state index in [9.17, 15) is 0 Å². The number of hydrogen-bond acceptors (Lipinski definition) is 3. The highest BCUT2D eigenvalue weighted by Gasteiger charge is 2.34. The third-order valence-corrected chi connectivity index (χ3v) is 6.20. The van der Waals surface area contributed by atoms with E-state index in [4.69, 9.17) is 0 Å². The van der Waals surface area contributed by atoms with Gasteiger partial charge in [-0.2, -0.15) is 24.4 Å². The normalized spacial score (nSPS) is 34.8. The highest BCUT2D eigenvalue weighted by Crippen LogP contribution is 2.39. The van der Waals surface area contributed by atoms with Crippen molar-refractivity contribution in [2.75, 3.05) is 25.4 Å². The first kappa shape index (κ1) is 14.1. The number of thioether (sulfide) groups is 1. The summed E-state index contributed by atoms with van der Waals surface area (Å²) in [5, 5.41) is 1.61. The van der Waals surface area contributed by atoms with Crippen LogP contribution in [0, 0.1) is 5.41 Å². The molecular weight excluding hydrogens is 246 g/mol. The van der Waals surface area contributed by atoms with Gasteiger partial charge in [0, 0.05) is 30.1 Å². The summed E-state index contributed by atoms with van der Waals surface area (Å²) in [7, 11) is 0. The van der Waals surface area contributed by atoms with Crippen LogP contribution in [0.2, 0.25) is 0 Å². The number of nitrogens with zero attached hydrogens (tertiary/aromatic N) is 1. The van der Waals surface area contributed by atoms with E-state index in [1.165, 1.54) is 51.7 Å². The second-order valence-electron chi connectivity index (χ2n) is 6.17. The lowest BCUT2D eigenvalue weighted by molar-refractivity contribution is 0.124. The zero-order chi connectivity index (χ0) is 12.3. The molecule has 1 saturated heterocycles. The Bertz CT molecular complexity index is 228. The van der Waals surface area contributed by atoms with Gasteiger partial charge in [0.2, 0.25) is 0 Å². The molecule has 2 unspecified atom stereocenters. The van der Waals surface area contributed by atoms with Gasteiger partial charge < -0.3 is 4.90 Å². The molecule has 2 atom stereocenters. The van der Waals surface area contributed by atoms with Gasteiger partial charge >= 0.3 is 0 Å². The Hall–Kier alpha value is 0.660. The van der Waals surface area contributed by atoms with Crippen molar-refractivity contribution >= 4 is 24.4 Å². The Balaban J connectivity index is 1.93. The Morgan fingerprint density at radius 2 is 1.71 bits per heavy atom. The van der Waals surface area contributed by atoms with Gasteiger partial charge in [0.25, 0.3) is 0 Å². The third kappa shape index (κ3) is 3.81. The van der Waals surface area contributed by atoms with Gasteiger partial charge in [0.1, 0.15) is 0 Å². The molecule has 1 nitrogen and oxygen atoms in total. The van der Waals surface area contributed by atoms with Crippen LogP contribution in [-0.4, -0.2) is 40.8 Å². The first-order chi connectivity index (χ1) is 8.13. The van der Waals surface area contributed by atoms with E-state index in [2.05, 4.69) is 43.1 Å². The molecule has 100 valence electrons. The maximum atomic E-state index is 4.66. The maximum Gasteiger partial charge on any atom is 0.0149 e. The Morgan fingerprint density at radius 1 is 1.12 bits per heavy atom. The zero-order valence-corrected chi connectivity index (χ0v) is 13.0. The van der Waals surface area contributed by atoms with Crippen LogP contribution in [0.4, 0.5) is 0 Å². The standard InChI is InChI=1S/C14H27NS2/c1-12-8-15(9-13(2)17-12)10-14(11-16)6-4-3-5-7-14/h12-13,16H,3-11H2,1-2H3. The lowest BCUT2D eigenvalue weighted by Gasteiger charge is -2.43. The molecule has 3 heteroatoms. The number of hydrogen-bond donors (Lipinski definition) is 1. The lowest BCUT2D eigenvalue weighted by atomic mass is 9.75. The predicted octanol–water partition coefficient (Wildman–Crippen LogP) is 3.69. The van der Waals surface area contributed by atoms with Crippen LogP contribution < -0.4 is 0 Å². The highest BCUT2D eigenvalue weighted by atomic mass is 32.2. The van der Waals surface area contributed by atoms with Crippen molar-refractivity contribution in [3.05, 3.63) is 0 Å². The molecule has 0 amide bonds. The van der Waals surface area contributed by atoms with Crippen LogP contribution in [0.3, 0.4) is 0 Å². The minimum atomic E-state index is 0.531. The minimum absolute atomic E-state index is 0.531. The molecule has 1 heterocycles. The van der Waals surface area contributed by atoms with Crippen molar-refractivity contribution in [3.8, 4) is 0 Å². The summed E-state index contributed by atoms with van der Waals surface area (Å²) in [5.41, 5.74) is 0.531. The molecule has 17 heavy (non-hydrogen) atoms. The molecule has 2 fully saturated rings. The molecular formula is C14H27NS2. The highest BCUT2D eigenvalue weighted by molar-refractivity contribution is 8.00. The number of thiol groups is 1. The van der Waals surface area contributed by atoms with Gasteiger partial charge in [-0.15, -0.1) is 0 Å². The first-order valence-corrected chi connectivity index (χ1v) is 8.70. The van der Waals surface area contributed by atoms with Gasteiger partial charge in [-0.3, -0.25) is 0 Å². The van der Waals surface area contributed by atoms with Crippen LogP contribution in [0.1, 0.15) is 46.0 Å². The Labute approximate surface area is 117 Å². The molecule has 2 aliphatic rings. The van der Waals surface area contributed by atoms with Gasteiger partial charge in [0.15, 0.2) is 0 Å². The summed E-state index contributed by atoms with van der Waals surface area (Å²) in [6.07, 6.45) is 7.10. The molecule has 0 aromatic carbocycles. The van der Waals surface area contributed by atoms with Crippen LogP contribution >= 0.6 is 24.4 Å².